The lowest BCUT2D eigenvalue weighted by atomic mass is 10.0. The Bertz CT molecular complexity index is 1510. The van der Waals surface area contributed by atoms with Crippen molar-refractivity contribution < 1.29 is 49.0 Å². The molecule has 0 saturated carbocycles. The van der Waals surface area contributed by atoms with Gasteiger partial charge in [0.1, 0.15) is 30.0 Å². The largest absolute Gasteiger partial charge is 0.507 e. The molecule has 2 aliphatic rings. The third kappa shape index (κ3) is 18.6. The van der Waals surface area contributed by atoms with E-state index < -0.39 is 54.0 Å². The molecule has 338 valence electrons. The number of unbranched alkanes of at least 4 members (excludes halogenated alkanes) is 15. The predicted octanol–water partition coefficient (Wildman–Crippen LogP) is 7.27. The van der Waals surface area contributed by atoms with Crippen molar-refractivity contribution >= 4 is 35.5 Å². The minimum Gasteiger partial charge on any atom is -0.507 e. The number of esters is 1. The van der Waals surface area contributed by atoms with E-state index in [9.17, 15) is 39.5 Å². The fourth-order valence-corrected chi connectivity index (χ4v) is 7.57. The molecule has 5 N–H and O–H groups in total. The lowest BCUT2D eigenvalue weighted by Crippen LogP contribution is -2.49. The molecule has 5 atom stereocenters. The van der Waals surface area contributed by atoms with Gasteiger partial charge in [0, 0.05) is 19.5 Å². The highest BCUT2D eigenvalue weighted by Gasteiger charge is 2.37. The molecular weight excluding hydrogens is 771 g/mol. The van der Waals surface area contributed by atoms with E-state index in [1.54, 1.807) is 25.1 Å². The van der Waals surface area contributed by atoms with Crippen LogP contribution in [0.25, 0.3) is 0 Å². The van der Waals surface area contributed by atoms with Gasteiger partial charge in [-0.2, -0.15) is 0 Å². The standard InChI is InChI=1S/C45H73N5O10/c1-4-5-6-7-8-9-10-11-12-13-14-15-16-17-18-29-40(53)49(57)30-23-22-27-37(47-42(54)41-34(3)60-43(48-41)35-25-19-20-28-38(35)51)45(56)59-33(2)32-39(52)46-36-26-21-24-31-50(58)44(36)55/h19-20,25,28,33-34,36-37,41,51,57-58H,4-18,21-24,26-27,29-32H2,1-3H3,(H,46,52)(H,47,54). The van der Waals surface area contributed by atoms with Crippen molar-refractivity contribution in [2.75, 3.05) is 13.1 Å². The topological polar surface area (TPSA) is 207 Å². The zero-order chi connectivity index (χ0) is 43.7. The predicted molar refractivity (Wildman–Crippen MR) is 227 cm³/mol. The molecule has 5 unspecified atom stereocenters. The van der Waals surface area contributed by atoms with Gasteiger partial charge in [-0.05, 0) is 70.9 Å². The summed E-state index contributed by atoms with van der Waals surface area (Å²) in [5.41, 5.74) is 0.322. The first-order chi connectivity index (χ1) is 28.9. The molecule has 15 nitrogen and oxygen atoms in total. The molecule has 3 rings (SSSR count). The highest BCUT2D eigenvalue weighted by molar-refractivity contribution is 6.01. The first-order valence-corrected chi connectivity index (χ1v) is 22.7. The van der Waals surface area contributed by atoms with Gasteiger partial charge in [-0.3, -0.25) is 29.6 Å². The van der Waals surface area contributed by atoms with E-state index in [4.69, 9.17) is 9.47 Å². The van der Waals surface area contributed by atoms with Crippen LogP contribution in [0.1, 0.15) is 174 Å². The van der Waals surface area contributed by atoms with Crippen LogP contribution in [0.3, 0.4) is 0 Å². The highest BCUT2D eigenvalue weighted by atomic mass is 16.5. The van der Waals surface area contributed by atoms with E-state index in [-0.39, 0.29) is 49.9 Å². The SMILES string of the molecule is CCCCCCCCCCCCCCCCCC(=O)N(O)CCCCC(NC(=O)C1N=C(c2ccccc2O)OC1C)C(=O)OC(C)CC(=O)NC1CCCCN(O)C1=O. The van der Waals surface area contributed by atoms with E-state index >= 15 is 0 Å². The number of aliphatic imine (C=N–C) groups is 1. The summed E-state index contributed by atoms with van der Waals surface area (Å²) in [6, 6.07) is 3.35. The van der Waals surface area contributed by atoms with E-state index in [0.29, 0.717) is 49.2 Å². The van der Waals surface area contributed by atoms with Crippen molar-refractivity contribution in [2.45, 2.75) is 199 Å². The molecular formula is C45H73N5O10. The number of para-hydroxylation sites is 1. The van der Waals surface area contributed by atoms with Gasteiger partial charge >= 0.3 is 5.97 Å². The van der Waals surface area contributed by atoms with Gasteiger partial charge < -0.3 is 25.2 Å². The first-order valence-electron chi connectivity index (χ1n) is 22.7. The molecule has 1 saturated heterocycles. The minimum absolute atomic E-state index is 0.0523. The van der Waals surface area contributed by atoms with Gasteiger partial charge in [0.25, 0.3) is 5.91 Å². The van der Waals surface area contributed by atoms with Crippen LogP contribution in [0, 0.1) is 0 Å². The molecule has 1 aromatic rings. The second-order valence-corrected chi connectivity index (χ2v) is 16.5. The van der Waals surface area contributed by atoms with Gasteiger partial charge in [0.2, 0.25) is 23.6 Å². The van der Waals surface area contributed by atoms with Crippen molar-refractivity contribution in [1.29, 1.82) is 0 Å². The van der Waals surface area contributed by atoms with Gasteiger partial charge in [-0.15, -0.1) is 0 Å². The monoisotopic (exact) mass is 844 g/mol. The quantitative estimate of drug-likeness (QED) is 0.0236. The number of hydrogen-bond donors (Lipinski definition) is 5. The zero-order valence-electron chi connectivity index (χ0n) is 36.4. The maximum Gasteiger partial charge on any atom is 0.328 e. The molecule has 0 aromatic heterocycles. The first kappa shape index (κ1) is 50.1. The number of rotatable bonds is 29. The number of benzene rings is 1. The Morgan fingerprint density at radius 2 is 1.53 bits per heavy atom. The molecule has 15 heteroatoms. The van der Waals surface area contributed by atoms with E-state index in [2.05, 4.69) is 22.5 Å². The second kappa shape index (κ2) is 28.3. The Kier molecular flexibility index (Phi) is 23.7. The summed E-state index contributed by atoms with van der Waals surface area (Å²) in [6.07, 6.45) is 19.1. The third-order valence-electron chi connectivity index (χ3n) is 11.2. The molecule has 0 bridgehead atoms. The molecule has 60 heavy (non-hydrogen) atoms. The maximum absolute atomic E-state index is 13.5. The fraction of sp³-hybridized carbons (Fsp3) is 0.733. The number of carbonyl (C=O) groups excluding carboxylic acids is 5. The van der Waals surface area contributed by atoms with Crippen molar-refractivity contribution in [1.82, 2.24) is 20.8 Å². The number of nitrogens with zero attached hydrogens (tertiary/aromatic N) is 3. The summed E-state index contributed by atoms with van der Waals surface area (Å²) < 4.78 is 11.4. The van der Waals surface area contributed by atoms with Crippen LogP contribution in [0.5, 0.6) is 5.75 Å². The van der Waals surface area contributed by atoms with E-state index in [0.717, 1.165) is 24.3 Å². The average Bonchev–Trinajstić information content (AvgIpc) is 3.54. The minimum atomic E-state index is -1.16. The van der Waals surface area contributed by atoms with Crippen LogP contribution >= 0.6 is 0 Å². The normalized spacial score (nSPS) is 18.8. The number of phenols is 1. The summed E-state index contributed by atoms with van der Waals surface area (Å²) in [6.45, 7) is 5.66. The number of amides is 4. The average molecular weight is 844 g/mol. The highest BCUT2D eigenvalue weighted by Crippen LogP contribution is 2.25. The Hall–Kier alpha value is -4.24. The molecule has 2 heterocycles. The Morgan fingerprint density at radius 3 is 2.17 bits per heavy atom. The van der Waals surface area contributed by atoms with Crippen LogP contribution in [-0.2, 0) is 33.4 Å². The summed E-state index contributed by atoms with van der Waals surface area (Å²) in [5, 5.41) is 37.3. The van der Waals surface area contributed by atoms with Crippen molar-refractivity contribution in [3.8, 4) is 5.75 Å². The van der Waals surface area contributed by atoms with Crippen LogP contribution in [-0.4, -0.2) is 105 Å². The summed E-state index contributed by atoms with van der Waals surface area (Å²) in [5.74, 6) is -2.86. The van der Waals surface area contributed by atoms with Gasteiger partial charge in [0.05, 0.1) is 12.0 Å². The smallest absolute Gasteiger partial charge is 0.328 e. The second-order valence-electron chi connectivity index (χ2n) is 16.5. The lowest BCUT2D eigenvalue weighted by molar-refractivity contribution is -0.167. The summed E-state index contributed by atoms with van der Waals surface area (Å²) >= 11 is 0. The summed E-state index contributed by atoms with van der Waals surface area (Å²) in [4.78, 5) is 69.2. The molecule has 0 spiro atoms. The van der Waals surface area contributed by atoms with Crippen LogP contribution < -0.4 is 10.6 Å². The van der Waals surface area contributed by atoms with Crippen molar-refractivity contribution in [3.05, 3.63) is 29.8 Å². The van der Waals surface area contributed by atoms with Crippen LogP contribution in [0.4, 0.5) is 0 Å². The van der Waals surface area contributed by atoms with E-state index in [1.807, 2.05) is 0 Å². The molecule has 0 radical (unpaired) electrons. The Balaban J connectivity index is 1.44. The lowest BCUT2D eigenvalue weighted by Gasteiger charge is -2.23. The number of nitrogens with one attached hydrogen (secondary N) is 2. The number of aromatic hydroxyl groups is 1. The number of phenolic OH excluding ortho intramolecular Hbond substituents is 1. The molecule has 2 aliphatic heterocycles. The number of carbonyl (C=O) groups is 5. The Morgan fingerprint density at radius 1 is 0.917 bits per heavy atom. The zero-order valence-corrected chi connectivity index (χ0v) is 36.4. The maximum atomic E-state index is 13.5. The molecule has 1 aromatic carbocycles. The fourth-order valence-electron chi connectivity index (χ4n) is 7.57. The molecule has 1 fully saturated rings. The summed E-state index contributed by atoms with van der Waals surface area (Å²) in [7, 11) is 0. The van der Waals surface area contributed by atoms with Crippen molar-refractivity contribution in [2.24, 2.45) is 4.99 Å². The number of hydroxylamine groups is 4. The molecule has 4 amide bonds. The third-order valence-corrected chi connectivity index (χ3v) is 11.2. The van der Waals surface area contributed by atoms with Crippen LogP contribution in [0.2, 0.25) is 0 Å². The van der Waals surface area contributed by atoms with Crippen molar-refractivity contribution in [3.63, 3.8) is 0 Å². The molecule has 0 aliphatic carbocycles. The van der Waals surface area contributed by atoms with Gasteiger partial charge in [-0.25, -0.2) is 19.9 Å². The Labute approximate surface area is 356 Å². The van der Waals surface area contributed by atoms with Gasteiger partial charge in [0.15, 0.2) is 6.04 Å². The number of ether oxygens (including phenoxy) is 2. The van der Waals surface area contributed by atoms with Gasteiger partial charge in [-0.1, -0.05) is 109 Å². The number of hydrogen-bond acceptors (Lipinski definition) is 11. The van der Waals surface area contributed by atoms with E-state index in [1.165, 1.54) is 83.6 Å². The van der Waals surface area contributed by atoms with Crippen LogP contribution in [0.15, 0.2) is 29.3 Å².